The highest BCUT2D eigenvalue weighted by molar-refractivity contribution is 6.03. The van der Waals surface area contributed by atoms with Crippen molar-refractivity contribution in [3.8, 4) is 0 Å². The molecule has 1 aromatic carbocycles. The molecule has 1 aliphatic rings. The first kappa shape index (κ1) is 15.3. The van der Waals surface area contributed by atoms with Crippen LogP contribution in [-0.2, 0) is 0 Å². The van der Waals surface area contributed by atoms with Crippen LogP contribution in [0.2, 0.25) is 0 Å². The minimum Gasteiger partial charge on any atom is -0.352 e. The van der Waals surface area contributed by atoms with Crippen LogP contribution in [0.15, 0.2) is 18.2 Å². The number of carbonyl (C=O) groups is 2. The number of carbonyl (C=O) groups excluding carboxylic acids is 2. The van der Waals surface area contributed by atoms with Crippen LogP contribution in [0.4, 0.5) is 14.9 Å². The maximum absolute atomic E-state index is 13.9. The maximum Gasteiger partial charge on any atom is 0.319 e. The van der Waals surface area contributed by atoms with Crippen molar-refractivity contribution in [2.45, 2.75) is 26.2 Å². The van der Waals surface area contributed by atoms with Crippen LogP contribution in [0.5, 0.6) is 0 Å². The number of rotatable bonds is 5. The molecule has 6 heteroatoms. The summed E-state index contributed by atoms with van der Waals surface area (Å²) < 4.78 is 13.9. The SMILES string of the molecule is CCNC(=O)Nc1cccc(F)c1C(=O)NCC1CCC1. The van der Waals surface area contributed by atoms with E-state index in [1.165, 1.54) is 24.6 Å². The van der Waals surface area contributed by atoms with Gasteiger partial charge in [-0.25, -0.2) is 9.18 Å². The summed E-state index contributed by atoms with van der Waals surface area (Å²) in [5.74, 6) is -0.650. The number of hydrogen-bond acceptors (Lipinski definition) is 2. The molecule has 0 spiro atoms. The fourth-order valence-electron chi connectivity index (χ4n) is 2.21. The lowest BCUT2D eigenvalue weighted by atomic mass is 9.85. The Bertz CT molecular complexity index is 530. The van der Waals surface area contributed by atoms with E-state index in [1.54, 1.807) is 6.92 Å². The lowest BCUT2D eigenvalue weighted by molar-refractivity contribution is 0.0936. The summed E-state index contributed by atoms with van der Waals surface area (Å²) in [6, 6.07) is 3.72. The number of anilines is 1. The van der Waals surface area contributed by atoms with E-state index >= 15 is 0 Å². The Morgan fingerprint density at radius 3 is 2.67 bits per heavy atom. The number of nitrogens with one attached hydrogen (secondary N) is 3. The summed E-state index contributed by atoms with van der Waals surface area (Å²) in [7, 11) is 0. The maximum atomic E-state index is 13.9. The first-order valence-electron chi connectivity index (χ1n) is 7.23. The Hall–Kier alpha value is -2.11. The Labute approximate surface area is 123 Å². The van der Waals surface area contributed by atoms with E-state index in [2.05, 4.69) is 16.0 Å². The van der Waals surface area contributed by atoms with Gasteiger partial charge in [0.2, 0.25) is 0 Å². The van der Waals surface area contributed by atoms with Gasteiger partial charge in [0.05, 0.1) is 11.3 Å². The predicted octanol–water partition coefficient (Wildman–Crippen LogP) is 2.50. The molecule has 1 saturated carbocycles. The van der Waals surface area contributed by atoms with Gasteiger partial charge in [0.25, 0.3) is 5.91 Å². The molecule has 3 amide bonds. The second-order valence-electron chi connectivity index (χ2n) is 5.15. The number of halogens is 1. The zero-order valence-electron chi connectivity index (χ0n) is 12.0. The lowest BCUT2D eigenvalue weighted by Gasteiger charge is -2.25. The van der Waals surface area contributed by atoms with Gasteiger partial charge in [-0.05, 0) is 37.8 Å². The van der Waals surface area contributed by atoms with Gasteiger partial charge >= 0.3 is 6.03 Å². The Morgan fingerprint density at radius 2 is 2.05 bits per heavy atom. The Balaban J connectivity index is 2.08. The van der Waals surface area contributed by atoms with E-state index in [9.17, 15) is 14.0 Å². The summed E-state index contributed by atoms with van der Waals surface area (Å²) in [6.07, 6.45) is 3.38. The van der Waals surface area contributed by atoms with Gasteiger partial charge in [0.15, 0.2) is 0 Å². The van der Waals surface area contributed by atoms with Crippen molar-refractivity contribution in [2.24, 2.45) is 5.92 Å². The van der Waals surface area contributed by atoms with Crippen molar-refractivity contribution in [3.05, 3.63) is 29.6 Å². The summed E-state index contributed by atoms with van der Waals surface area (Å²) in [6.45, 7) is 2.77. The van der Waals surface area contributed by atoms with Crippen molar-refractivity contribution in [3.63, 3.8) is 0 Å². The van der Waals surface area contributed by atoms with Crippen molar-refractivity contribution >= 4 is 17.6 Å². The van der Waals surface area contributed by atoms with Gasteiger partial charge in [-0.2, -0.15) is 0 Å². The molecular formula is C15H20FN3O2. The lowest BCUT2D eigenvalue weighted by Crippen LogP contribution is -2.34. The minimum atomic E-state index is -0.643. The number of amides is 3. The standard InChI is InChI=1S/C15H20FN3O2/c1-2-17-15(21)19-12-8-4-7-11(16)13(12)14(20)18-9-10-5-3-6-10/h4,7-8,10H,2-3,5-6,9H2,1H3,(H,18,20)(H2,17,19,21). The van der Waals surface area contributed by atoms with E-state index in [0.717, 1.165) is 12.8 Å². The van der Waals surface area contributed by atoms with Crippen molar-refractivity contribution < 1.29 is 14.0 Å². The van der Waals surface area contributed by atoms with Gasteiger partial charge in [-0.3, -0.25) is 4.79 Å². The molecule has 0 unspecified atom stereocenters. The first-order valence-corrected chi connectivity index (χ1v) is 7.23. The van der Waals surface area contributed by atoms with Crippen LogP contribution in [0, 0.1) is 11.7 Å². The Kier molecular flexibility index (Phi) is 5.14. The third-order valence-electron chi connectivity index (χ3n) is 3.60. The fraction of sp³-hybridized carbons (Fsp3) is 0.467. The monoisotopic (exact) mass is 293 g/mol. The molecule has 0 radical (unpaired) electrons. The first-order chi connectivity index (χ1) is 10.1. The third-order valence-corrected chi connectivity index (χ3v) is 3.60. The predicted molar refractivity (Wildman–Crippen MR) is 78.8 cm³/mol. The molecule has 1 fully saturated rings. The van der Waals surface area contributed by atoms with Gasteiger partial charge in [0, 0.05) is 13.1 Å². The molecule has 0 saturated heterocycles. The average molecular weight is 293 g/mol. The summed E-state index contributed by atoms with van der Waals surface area (Å²) in [4.78, 5) is 23.7. The molecule has 0 bridgehead atoms. The molecule has 0 heterocycles. The molecule has 5 nitrogen and oxygen atoms in total. The highest BCUT2D eigenvalue weighted by Gasteiger charge is 2.21. The molecular weight excluding hydrogens is 273 g/mol. The minimum absolute atomic E-state index is 0.122. The summed E-state index contributed by atoms with van der Waals surface area (Å²) >= 11 is 0. The van der Waals surface area contributed by atoms with Gasteiger partial charge in [-0.15, -0.1) is 0 Å². The van der Waals surface area contributed by atoms with Gasteiger partial charge < -0.3 is 16.0 Å². The zero-order valence-corrected chi connectivity index (χ0v) is 12.0. The molecule has 0 atom stereocenters. The second-order valence-corrected chi connectivity index (χ2v) is 5.15. The Morgan fingerprint density at radius 1 is 1.29 bits per heavy atom. The molecule has 3 N–H and O–H groups in total. The largest absolute Gasteiger partial charge is 0.352 e. The molecule has 1 aromatic rings. The molecule has 0 aromatic heterocycles. The highest BCUT2D eigenvalue weighted by atomic mass is 19.1. The summed E-state index contributed by atoms with van der Waals surface area (Å²) in [5.41, 5.74) is 0.0511. The van der Waals surface area contributed by atoms with Crippen LogP contribution in [-0.4, -0.2) is 25.0 Å². The number of benzene rings is 1. The van der Waals surface area contributed by atoms with E-state index in [0.29, 0.717) is 19.0 Å². The normalized spacial score (nSPS) is 14.2. The van der Waals surface area contributed by atoms with E-state index < -0.39 is 17.8 Å². The fourth-order valence-corrected chi connectivity index (χ4v) is 2.21. The molecule has 1 aliphatic carbocycles. The topological polar surface area (TPSA) is 70.2 Å². The average Bonchev–Trinajstić information content (AvgIpc) is 2.37. The second kappa shape index (κ2) is 7.06. The molecule has 21 heavy (non-hydrogen) atoms. The number of hydrogen-bond donors (Lipinski definition) is 3. The van der Waals surface area contributed by atoms with Gasteiger partial charge in [-0.1, -0.05) is 12.5 Å². The highest BCUT2D eigenvalue weighted by Crippen LogP contribution is 2.25. The molecule has 114 valence electrons. The van der Waals surface area contributed by atoms with Crippen LogP contribution >= 0.6 is 0 Å². The van der Waals surface area contributed by atoms with Crippen LogP contribution in [0.3, 0.4) is 0 Å². The van der Waals surface area contributed by atoms with Crippen LogP contribution < -0.4 is 16.0 Å². The zero-order chi connectivity index (χ0) is 15.2. The van der Waals surface area contributed by atoms with Crippen molar-refractivity contribution in [1.82, 2.24) is 10.6 Å². The van der Waals surface area contributed by atoms with Gasteiger partial charge in [0.1, 0.15) is 5.82 Å². The van der Waals surface area contributed by atoms with Crippen LogP contribution in [0.25, 0.3) is 0 Å². The van der Waals surface area contributed by atoms with E-state index in [4.69, 9.17) is 0 Å². The van der Waals surface area contributed by atoms with Crippen LogP contribution in [0.1, 0.15) is 36.5 Å². The molecule has 0 aliphatic heterocycles. The third kappa shape index (κ3) is 3.93. The quantitative estimate of drug-likeness (QED) is 0.780. The summed E-state index contributed by atoms with van der Waals surface area (Å²) in [5, 5.41) is 7.78. The number of urea groups is 1. The van der Waals surface area contributed by atoms with Crippen molar-refractivity contribution in [1.29, 1.82) is 0 Å². The molecule has 2 rings (SSSR count). The smallest absolute Gasteiger partial charge is 0.319 e. The van der Waals surface area contributed by atoms with Crippen molar-refractivity contribution in [2.75, 3.05) is 18.4 Å². The van der Waals surface area contributed by atoms with E-state index in [-0.39, 0.29) is 11.3 Å². The van der Waals surface area contributed by atoms with E-state index in [1.807, 2.05) is 0 Å².